The molecule has 9 nitrogen and oxygen atoms in total. The van der Waals surface area contributed by atoms with Crippen LogP contribution in [0, 0.1) is 0 Å². The number of nitrogens with zero attached hydrogens (tertiary/aromatic N) is 1. The zero-order valence-electron chi connectivity index (χ0n) is 15.1. The van der Waals surface area contributed by atoms with E-state index >= 15 is 0 Å². The molecule has 0 radical (unpaired) electrons. The Hall–Kier alpha value is -2.30. The number of phenolic OH excluding ortho intramolecular Hbond substituents is 1. The number of phenols is 1. The smallest absolute Gasteiger partial charge is 0.327 e. The monoisotopic (exact) mass is 397 g/mol. The number of carbonyl (C=O) groups is 3. The van der Waals surface area contributed by atoms with Gasteiger partial charge in [-0.05, 0) is 31.5 Å². The maximum absolute atomic E-state index is 12.3. The number of β-lactam (4-membered cyclic amide) rings is 1. The zero-order chi connectivity index (χ0) is 20.5. The lowest BCUT2D eigenvalue weighted by Crippen LogP contribution is -2.71. The van der Waals surface area contributed by atoms with E-state index in [1.54, 1.807) is 13.8 Å². The Kier molecular flexibility index (Phi) is 6.03. The van der Waals surface area contributed by atoms with Crippen LogP contribution < -0.4 is 11.1 Å². The minimum atomic E-state index is -1.06. The van der Waals surface area contributed by atoms with Crippen LogP contribution in [0.25, 0.3) is 0 Å². The summed E-state index contributed by atoms with van der Waals surface area (Å²) in [5.41, 5.74) is 6.41. The van der Waals surface area contributed by atoms with Gasteiger partial charge in [-0.25, -0.2) is 4.79 Å². The Morgan fingerprint density at radius 1 is 1.26 bits per heavy atom. The molecule has 2 saturated heterocycles. The Morgan fingerprint density at radius 3 is 2.33 bits per heavy atom. The summed E-state index contributed by atoms with van der Waals surface area (Å²) in [7, 11) is 1.00. The summed E-state index contributed by atoms with van der Waals surface area (Å²) in [5, 5.41) is 27.9. The second kappa shape index (κ2) is 7.75. The molecule has 0 spiro atoms. The number of nitrogens with two attached hydrogens (primary N) is 1. The summed E-state index contributed by atoms with van der Waals surface area (Å²) in [6.45, 7) is 3.53. The summed E-state index contributed by atoms with van der Waals surface area (Å²) < 4.78 is -0.648. The second-order valence-corrected chi connectivity index (χ2v) is 8.42. The fourth-order valence-corrected chi connectivity index (χ4v) is 4.85. The molecule has 0 aromatic heterocycles. The van der Waals surface area contributed by atoms with Crippen molar-refractivity contribution in [3.8, 4) is 5.75 Å². The van der Waals surface area contributed by atoms with Gasteiger partial charge in [0.2, 0.25) is 11.8 Å². The van der Waals surface area contributed by atoms with Gasteiger partial charge >= 0.3 is 5.97 Å². The van der Waals surface area contributed by atoms with Gasteiger partial charge in [0, 0.05) is 11.9 Å². The number of hydrogen-bond acceptors (Lipinski definition) is 7. The predicted octanol–water partition coefficient (Wildman–Crippen LogP) is -0.368. The van der Waals surface area contributed by atoms with Gasteiger partial charge in [-0.1, -0.05) is 12.1 Å². The van der Waals surface area contributed by atoms with Crippen molar-refractivity contribution in [2.45, 2.75) is 42.1 Å². The van der Waals surface area contributed by atoms with Gasteiger partial charge < -0.3 is 31.3 Å². The molecule has 1 aromatic carbocycles. The molecular weight excluding hydrogens is 374 g/mol. The van der Waals surface area contributed by atoms with Crippen LogP contribution in [0.5, 0.6) is 5.75 Å². The Balaban J connectivity index is 0.00000126. The molecule has 2 aliphatic heterocycles. The third-order valence-electron chi connectivity index (χ3n) is 4.51. The molecule has 2 heterocycles. The number of amides is 2. The normalized spacial score (nSPS) is 26.2. The molecule has 4 atom stereocenters. The number of aliphatic hydroxyl groups is 1. The summed E-state index contributed by atoms with van der Waals surface area (Å²) in [4.78, 5) is 37.5. The maximum Gasteiger partial charge on any atom is 0.327 e. The van der Waals surface area contributed by atoms with Crippen LogP contribution in [0.3, 0.4) is 0 Å². The molecule has 148 valence electrons. The van der Waals surface area contributed by atoms with E-state index < -0.39 is 46.0 Å². The van der Waals surface area contributed by atoms with Crippen LogP contribution in [0.4, 0.5) is 0 Å². The lowest BCUT2D eigenvalue weighted by molar-refractivity contribution is -0.161. The molecule has 2 aliphatic rings. The van der Waals surface area contributed by atoms with E-state index in [-0.39, 0.29) is 5.75 Å². The van der Waals surface area contributed by atoms with E-state index in [4.69, 9.17) is 10.8 Å². The van der Waals surface area contributed by atoms with Crippen molar-refractivity contribution >= 4 is 29.5 Å². The predicted molar refractivity (Wildman–Crippen MR) is 98.8 cm³/mol. The van der Waals surface area contributed by atoms with E-state index in [0.29, 0.717) is 5.56 Å². The molecular formula is C17H23N3O6S. The highest BCUT2D eigenvalue weighted by Crippen LogP contribution is 2.50. The van der Waals surface area contributed by atoms with Crippen molar-refractivity contribution in [3.63, 3.8) is 0 Å². The molecule has 27 heavy (non-hydrogen) atoms. The zero-order valence-corrected chi connectivity index (χ0v) is 15.9. The average Bonchev–Trinajstić information content (AvgIpc) is 2.89. The van der Waals surface area contributed by atoms with Gasteiger partial charge in [0.05, 0.1) is 0 Å². The first kappa shape index (κ1) is 21.0. The quantitative estimate of drug-likeness (QED) is 0.432. The maximum atomic E-state index is 12.3. The number of benzene rings is 1. The van der Waals surface area contributed by atoms with E-state index in [1.807, 2.05) is 0 Å². The van der Waals surface area contributed by atoms with Crippen LogP contribution in [0.1, 0.15) is 25.5 Å². The van der Waals surface area contributed by atoms with Gasteiger partial charge in [0.15, 0.2) is 0 Å². The Bertz CT molecular complexity index is 739. The van der Waals surface area contributed by atoms with Crippen LogP contribution in [0.2, 0.25) is 0 Å². The molecule has 2 amide bonds. The first-order chi connectivity index (χ1) is 12.6. The van der Waals surface area contributed by atoms with Crippen LogP contribution in [-0.4, -0.2) is 67.3 Å². The largest absolute Gasteiger partial charge is 0.508 e. The van der Waals surface area contributed by atoms with E-state index in [9.17, 15) is 24.6 Å². The minimum absolute atomic E-state index is 0.0606. The number of hydrogen-bond donors (Lipinski definition) is 5. The van der Waals surface area contributed by atoms with Gasteiger partial charge in [0.1, 0.15) is 29.2 Å². The van der Waals surface area contributed by atoms with Crippen LogP contribution in [-0.2, 0) is 14.4 Å². The fourth-order valence-electron chi connectivity index (χ4n) is 3.22. The van der Waals surface area contributed by atoms with Gasteiger partial charge in [0.25, 0.3) is 0 Å². The first-order valence-electron chi connectivity index (χ1n) is 8.16. The summed E-state index contributed by atoms with van der Waals surface area (Å²) in [5.74, 6) is -1.94. The number of aliphatic carboxylic acids is 1. The Labute approximate surface area is 160 Å². The SMILES string of the molecule is CC1(C)S[C@@H]2[C@H](NC(=O)C(N)c3ccc(O)cc3)C(=O)N2[C@H]1C(=O)O.CO. The van der Waals surface area contributed by atoms with E-state index in [1.165, 1.54) is 40.9 Å². The standard InChI is InChI=1S/C16H19N3O5S.CH4O/c1-16(2)11(15(23)24)19-13(22)10(14(19)25-16)18-12(21)9(17)7-3-5-8(20)6-4-7;1-2/h3-6,9-11,14,20H,17H2,1-2H3,(H,18,21)(H,23,24);2H,1H3/t9?,10-,11+,14-;/m1./s1. The number of carboxylic acid groups (broad SMARTS) is 1. The minimum Gasteiger partial charge on any atom is -0.508 e. The van der Waals surface area contributed by atoms with Crippen LogP contribution >= 0.6 is 11.8 Å². The number of aliphatic hydroxyl groups excluding tert-OH is 1. The molecule has 1 aromatic rings. The van der Waals surface area contributed by atoms with Crippen molar-refractivity contribution in [1.82, 2.24) is 10.2 Å². The summed E-state index contributed by atoms with van der Waals surface area (Å²) in [6, 6.07) is 3.21. The van der Waals surface area contributed by atoms with Gasteiger partial charge in [-0.15, -0.1) is 11.8 Å². The summed E-state index contributed by atoms with van der Waals surface area (Å²) >= 11 is 1.35. The number of carboxylic acids is 1. The third kappa shape index (κ3) is 3.73. The van der Waals surface area contributed by atoms with E-state index in [2.05, 4.69) is 5.32 Å². The number of rotatable bonds is 4. The Morgan fingerprint density at radius 2 is 1.81 bits per heavy atom. The highest BCUT2D eigenvalue weighted by Gasteiger charge is 2.64. The van der Waals surface area contributed by atoms with Gasteiger partial charge in [-0.3, -0.25) is 9.59 Å². The number of aromatic hydroxyl groups is 1. The molecule has 2 fully saturated rings. The van der Waals surface area contributed by atoms with Crippen molar-refractivity contribution in [1.29, 1.82) is 0 Å². The molecule has 0 saturated carbocycles. The van der Waals surface area contributed by atoms with Crippen molar-refractivity contribution in [2.24, 2.45) is 5.73 Å². The van der Waals surface area contributed by atoms with E-state index in [0.717, 1.165) is 7.11 Å². The molecule has 1 unspecified atom stereocenters. The molecule has 6 N–H and O–H groups in total. The molecule has 0 bridgehead atoms. The van der Waals surface area contributed by atoms with Crippen LogP contribution in [0.15, 0.2) is 24.3 Å². The molecule has 0 aliphatic carbocycles. The lowest BCUT2D eigenvalue weighted by atomic mass is 9.95. The van der Waals surface area contributed by atoms with Crippen molar-refractivity contribution < 1.29 is 29.7 Å². The highest BCUT2D eigenvalue weighted by molar-refractivity contribution is 8.01. The lowest BCUT2D eigenvalue weighted by Gasteiger charge is -2.43. The first-order valence-corrected chi connectivity index (χ1v) is 9.04. The fraction of sp³-hybridized carbons (Fsp3) is 0.471. The number of nitrogens with one attached hydrogen (secondary N) is 1. The highest BCUT2D eigenvalue weighted by atomic mass is 32.2. The number of thioether (sulfide) groups is 1. The molecule has 10 heteroatoms. The summed E-state index contributed by atoms with van der Waals surface area (Å²) in [6.07, 6.45) is 0. The molecule has 3 rings (SSSR count). The topological polar surface area (TPSA) is 153 Å². The number of carbonyl (C=O) groups excluding carboxylic acids is 2. The second-order valence-electron chi connectivity index (χ2n) is 6.65. The number of fused-ring (bicyclic) bond motifs is 1. The van der Waals surface area contributed by atoms with Gasteiger partial charge in [-0.2, -0.15) is 0 Å². The third-order valence-corrected chi connectivity index (χ3v) is 6.08. The van der Waals surface area contributed by atoms with Crippen molar-refractivity contribution in [2.75, 3.05) is 7.11 Å². The van der Waals surface area contributed by atoms with Crippen molar-refractivity contribution in [3.05, 3.63) is 29.8 Å². The average molecular weight is 397 g/mol.